The highest BCUT2D eigenvalue weighted by atomic mass is 32.1. The van der Waals surface area contributed by atoms with E-state index in [1.165, 1.54) is 6.39 Å². The highest BCUT2D eigenvalue weighted by Gasteiger charge is 2.13. The van der Waals surface area contributed by atoms with Gasteiger partial charge in [0.2, 0.25) is 5.82 Å². The fraction of sp³-hybridized carbons (Fsp3) is 0.0588. The minimum Gasteiger partial charge on any atom is -0.452 e. The van der Waals surface area contributed by atoms with Crippen molar-refractivity contribution >= 4 is 17.3 Å². The van der Waals surface area contributed by atoms with Crippen LogP contribution in [0.2, 0.25) is 0 Å². The Morgan fingerprint density at radius 3 is 2.76 bits per heavy atom. The van der Waals surface area contributed by atoms with Crippen molar-refractivity contribution in [3.63, 3.8) is 0 Å². The Labute approximate surface area is 145 Å². The average Bonchev–Trinajstić information content (AvgIpc) is 3.42. The summed E-state index contributed by atoms with van der Waals surface area (Å²) < 4.78 is 15.5. The first-order valence-corrected chi connectivity index (χ1v) is 8.25. The molecule has 4 aromatic rings. The highest BCUT2D eigenvalue weighted by Crippen LogP contribution is 2.20. The van der Waals surface area contributed by atoms with E-state index in [1.807, 2.05) is 16.8 Å². The molecule has 0 aliphatic heterocycles. The van der Waals surface area contributed by atoms with Crippen LogP contribution < -0.4 is 0 Å². The minimum absolute atomic E-state index is 0.0835. The summed E-state index contributed by atoms with van der Waals surface area (Å²) in [6.07, 6.45) is 2.96. The van der Waals surface area contributed by atoms with Crippen LogP contribution in [0.4, 0.5) is 0 Å². The van der Waals surface area contributed by atoms with Gasteiger partial charge < -0.3 is 13.7 Å². The summed E-state index contributed by atoms with van der Waals surface area (Å²) in [6.45, 7) is -0.0835. The van der Waals surface area contributed by atoms with Gasteiger partial charge in [-0.2, -0.15) is 16.3 Å². The number of esters is 1. The van der Waals surface area contributed by atoms with Crippen LogP contribution in [-0.4, -0.2) is 21.1 Å². The third-order valence-electron chi connectivity index (χ3n) is 3.41. The SMILES string of the molecule is O=C(OCc1nc(-c2ccsc2)no1)c1ccc(-c2cnco2)cc1. The third-order valence-corrected chi connectivity index (χ3v) is 4.09. The van der Waals surface area contributed by atoms with E-state index >= 15 is 0 Å². The molecule has 0 spiro atoms. The highest BCUT2D eigenvalue weighted by molar-refractivity contribution is 7.08. The van der Waals surface area contributed by atoms with E-state index in [0.717, 1.165) is 11.1 Å². The van der Waals surface area contributed by atoms with Crippen molar-refractivity contribution in [1.29, 1.82) is 0 Å². The number of rotatable bonds is 5. The molecule has 8 heteroatoms. The molecule has 0 bridgehead atoms. The maximum absolute atomic E-state index is 12.1. The molecule has 0 amide bonds. The number of nitrogens with zero attached hydrogens (tertiary/aromatic N) is 3. The molecule has 4 rings (SSSR count). The van der Waals surface area contributed by atoms with Gasteiger partial charge in [0.1, 0.15) is 0 Å². The van der Waals surface area contributed by atoms with Crippen molar-refractivity contribution < 1.29 is 18.5 Å². The van der Waals surface area contributed by atoms with Crippen LogP contribution in [0.3, 0.4) is 0 Å². The maximum atomic E-state index is 12.1. The predicted molar refractivity (Wildman–Crippen MR) is 88.7 cm³/mol. The van der Waals surface area contributed by atoms with Gasteiger partial charge in [-0.3, -0.25) is 0 Å². The fourth-order valence-electron chi connectivity index (χ4n) is 2.16. The van der Waals surface area contributed by atoms with E-state index in [9.17, 15) is 4.79 Å². The molecule has 0 saturated heterocycles. The number of ether oxygens (including phenoxy) is 1. The Morgan fingerprint density at radius 1 is 1.16 bits per heavy atom. The van der Waals surface area contributed by atoms with Gasteiger partial charge in [-0.15, -0.1) is 0 Å². The van der Waals surface area contributed by atoms with Crippen LogP contribution in [-0.2, 0) is 11.3 Å². The number of hydrogen-bond donors (Lipinski definition) is 0. The Kier molecular flexibility index (Phi) is 4.09. The van der Waals surface area contributed by atoms with Crippen molar-refractivity contribution in [2.45, 2.75) is 6.61 Å². The molecule has 3 aromatic heterocycles. The molecule has 1 aromatic carbocycles. The molecule has 0 aliphatic rings. The summed E-state index contributed by atoms with van der Waals surface area (Å²) in [6, 6.07) is 8.73. The van der Waals surface area contributed by atoms with Gasteiger partial charge >= 0.3 is 5.97 Å². The summed E-state index contributed by atoms with van der Waals surface area (Å²) in [4.78, 5) is 20.2. The zero-order valence-electron chi connectivity index (χ0n) is 12.8. The standard InChI is InChI=1S/C17H11N3O4S/c21-17(12-3-1-11(2-4-12)14-7-18-10-23-14)22-8-15-19-16(20-24-15)13-5-6-25-9-13/h1-7,9-10H,8H2. The Bertz CT molecular complexity index is 960. The number of oxazole rings is 1. The normalized spacial score (nSPS) is 10.7. The van der Waals surface area contributed by atoms with Crippen LogP contribution in [0, 0.1) is 0 Å². The van der Waals surface area contributed by atoms with E-state index in [2.05, 4.69) is 15.1 Å². The third kappa shape index (κ3) is 3.33. The number of benzene rings is 1. The molecule has 0 aliphatic carbocycles. The lowest BCUT2D eigenvalue weighted by Crippen LogP contribution is -2.05. The van der Waals surface area contributed by atoms with Crippen LogP contribution in [0.5, 0.6) is 0 Å². The first-order chi connectivity index (χ1) is 12.3. The molecular weight excluding hydrogens is 342 g/mol. The van der Waals surface area contributed by atoms with Crippen molar-refractivity contribution in [3.05, 3.63) is 65.1 Å². The molecule has 0 atom stereocenters. The first kappa shape index (κ1) is 15.3. The largest absolute Gasteiger partial charge is 0.452 e. The molecule has 0 unspecified atom stereocenters. The van der Waals surface area contributed by atoms with Gasteiger partial charge in [0.25, 0.3) is 5.89 Å². The van der Waals surface area contributed by atoms with Gasteiger partial charge in [0, 0.05) is 16.5 Å². The van der Waals surface area contributed by atoms with Crippen molar-refractivity contribution in [3.8, 4) is 22.7 Å². The van der Waals surface area contributed by atoms with Crippen molar-refractivity contribution in [2.75, 3.05) is 0 Å². The minimum atomic E-state index is -0.473. The fourth-order valence-corrected chi connectivity index (χ4v) is 2.80. The quantitative estimate of drug-likeness (QED) is 0.504. The van der Waals surface area contributed by atoms with Crippen molar-refractivity contribution in [1.82, 2.24) is 15.1 Å². The molecule has 0 radical (unpaired) electrons. The summed E-state index contributed by atoms with van der Waals surface area (Å²) >= 11 is 1.54. The number of aromatic nitrogens is 3. The van der Waals surface area contributed by atoms with Gasteiger partial charge in [0.05, 0.1) is 11.8 Å². The number of thiophene rings is 1. The predicted octanol–water partition coefficient (Wildman–Crippen LogP) is 3.81. The molecular formula is C17H11N3O4S. The zero-order valence-corrected chi connectivity index (χ0v) is 13.6. The second kappa shape index (κ2) is 6.70. The average molecular weight is 353 g/mol. The van der Waals surface area contributed by atoms with E-state index in [0.29, 0.717) is 17.1 Å². The van der Waals surface area contributed by atoms with E-state index in [1.54, 1.807) is 41.8 Å². The smallest absolute Gasteiger partial charge is 0.338 e. The number of hydrogen-bond acceptors (Lipinski definition) is 8. The summed E-state index contributed by atoms with van der Waals surface area (Å²) in [5, 5.41) is 7.70. The van der Waals surface area contributed by atoms with Crippen LogP contribution in [0.15, 0.2) is 62.6 Å². The molecule has 124 valence electrons. The summed E-state index contributed by atoms with van der Waals surface area (Å²) in [7, 11) is 0. The molecule has 0 fully saturated rings. The second-order valence-electron chi connectivity index (χ2n) is 5.04. The zero-order chi connectivity index (χ0) is 17.1. The lowest BCUT2D eigenvalue weighted by Gasteiger charge is -2.02. The van der Waals surface area contributed by atoms with E-state index < -0.39 is 5.97 Å². The first-order valence-electron chi connectivity index (χ1n) is 7.31. The lowest BCUT2D eigenvalue weighted by atomic mass is 10.1. The Balaban J connectivity index is 1.39. The van der Waals surface area contributed by atoms with Crippen LogP contribution >= 0.6 is 11.3 Å². The second-order valence-corrected chi connectivity index (χ2v) is 5.82. The number of carbonyl (C=O) groups is 1. The molecule has 0 saturated carbocycles. The Morgan fingerprint density at radius 2 is 2.04 bits per heavy atom. The lowest BCUT2D eigenvalue weighted by molar-refractivity contribution is 0.0430. The topological polar surface area (TPSA) is 91.2 Å². The maximum Gasteiger partial charge on any atom is 0.338 e. The van der Waals surface area contributed by atoms with E-state index in [4.69, 9.17) is 13.7 Å². The summed E-state index contributed by atoms with van der Waals surface area (Å²) in [5.41, 5.74) is 2.11. The number of carbonyl (C=O) groups excluding carboxylic acids is 1. The molecule has 3 heterocycles. The molecule has 0 N–H and O–H groups in total. The van der Waals surface area contributed by atoms with Gasteiger partial charge in [-0.1, -0.05) is 17.3 Å². The monoisotopic (exact) mass is 353 g/mol. The van der Waals surface area contributed by atoms with Crippen molar-refractivity contribution in [2.24, 2.45) is 0 Å². The molecule has 25 heavy (non-hydrogen) atoms. The van der Waals surface area contributed by atoms with Gasteiger partial charge in [-0.25, -0.2) is 9.78 Å². The summed E-state index contributed by atoms with van der Waals surface area (Å²) in [5.74, 6) is 0.877. The van der Waals surface area contributed by atoms with Gasteiger partial charge in [-0.05, 0) is 23.6 Å². The molecule has 7 nitrogen and oxygen atoms in total. The van der Waals surface area contributed by atoms with E-state index in [-0.39, 0.29) is 12.5 Å². The van der Waals surface area contributed by atoms with Gasteiger partial charge in [0.15, 0.2) is 18.8 Å². The Hall–Kier alpha value is -3.26. The van der Waals surface area contributed by atoms with Crippen LogP contribution in [0.1, 0.15) is 16.2 Å². The van der Waals surface area contributed by atoms with Crippen LogP contribution in [0.25, 0.3) is 22.7 Å².